The Kier molecular flexibility index (Phi) is 10.0. The van der Waals surface area contributed by atoms with Crippen LogP contribution in [0.5, 0.6) is 0 Å². The van der Waals surface area contributed by atoms with Crippen molar-refractivity contribution in [2.75, 3.05) is 37.6 Å². The van der Waals surface area contributed by atoms with Crippen molar-refractivity contribution in [3.05, 3.63) is 29.8 Å². The number of hydrogen-bond acceptors (Lipinski definition) is 4. The number of thioether (sulfide) groups is 1. The second kappa shape index (κ2) is 11.2. The Morgan fingerprint density at radius 1 is 1.15 bits per heavy atom. The minimum atomic E-state index is -0.0132. The summed E-state index contributed by atoms with van der Waals surface area (Å²) in [5, 5.41) is 0.302. The third-order valence-corrected chi connectivity index (χ3v) is 6.16. The maximum Gasteiger partial charge on any atom is 0.305 e. The maximum absolute atomic E-state index is 11.3. The first-order chi connectivity index (χ1) is 11.7. The van der Waals surface area contributed by atoms with Crippen LogP contribution in [0.1, 0.15) is 32.3 Å². The molecular formula is C19H29Cl2N3OS. The van der Waals surface area contributed by atoms with E-state index in [0.717, 1.165) is 57.7 Å². The van der Waals surface area contributed by atoms with Gasteiger partial charge < -0.3 is 4.90 Å². The van der Waals surface area contributed by atoms with Gasteiger partial charge in [0, 0.05) is 37.6 Å². The molecule has 26 heavy (non-hydrogen) atoms. The zero-order valence-corrected chi connectivity index (χ0v) is 18.0. The van der Waals surface area contributed by atoms with Gasteiger partial charge in [0.1, 0.15) is 0 Å². The molecule has 0 spiro atoms. The number of carbonyl (C=O) groups excluding carboxylic acids is 1. The lowest BCUT2D eigenvalue weighted by atomic mass is 10.1. The highest BCUT2D eigenvalue weighted by atomic mass is 35.5. The first-order valence-corrected chi connectivity index (χ1v) is 9.86. The molecule has 4 nitrogen and oxygen atoms in total. The van der Waals surface area contributed by atoms with Crippen molar-refractivity contribution in [1.29, 1.82) is 0 Å². The predicted octanol–water partition coefficient (Wildman–Crippen LogP) is 4.69. The number of anilines is 1. The lowest BCUT2D eigenvalue weighted by molar-refractivity contribution is 0.253. The van der Waals surface area contributed by atoms with Crippen molar-refractivity contribution >= 4 is 53.2 Å². The van der Waals surface area contributed by atoms with Gasteiger partial charge in [-0.2, -0.15) is 0 Å². The Morgan fingerprint density at radius 2 is 1.85 bits per heavy atom. The lowest BCUT2D eigenvalue weighted by Crippen LogP contribution is -2.47. The molecule has 1 saturated heterocycles. The summed E-state index contributed by atoms with van der Waals surface area (Å²) in [6, 6.07) is 8.78. The Hall–Kier alpha value is -0.750. The Bertz CT molecular complexity index is 619. The molecule has 2 heterocycles. The van der Waals surface area contributed by atoms with Gasteiger partial charge in [0.05, 0.1) is 5.25 Å². The number of aryl methyl sites for hydroxylation is 1. The fourth-order valence-electron chi connectivity index (χ4n) is 3.55. The van der Waals surface area contributed by atoms with Crippen LogP contribution in [0.4, 0.5) is 10.5 Å². The van der Waals surface area contributed by atoms with Gasteiger partial charge in [0.15, 0.2) is 0 Å². The molecule has 1 aromatic carbocycles. The fraction of sp³-hybridized carbons (Fsp3) is 0.579. The van der Waals surface area contributed by atoms with Crippen LogP contribution in [-0.4, -0.2) is 53.8 Å². The SMILES string of the molecule is CCc1ccccc1N1CCN(CCCC2SC(=O)N=C2C)CC1.Cl.Cl. The minimum absolute atomic E-state index is 0. The van der Waals surface area contributed by atoms with Gasteiger partial charge >= 0.3 is 5.24 Å². The van der Waals surface area contributed by atoms with Crippen LogP contribution in [0.3, 0.4) is 0 Å². The molecule has 1 aromatic rings. The molecule has 0 aliphatic carbocycles. The van der Waals surface area contributed by atoms with Crippen molar-refractivity contribution < 1.29 is 4.79 Å². The molecule has 1 fully saturated rings. The number of halogens is 2. The molecule has 146 valence electrons. The minimum Gasteiger partial charge on any atom is -0.369 e. The van der Waals surface area contributed by atoms with Gasteiger partial charge in [0.25, 0.3) is 0 Å². The third kappa shape index (κ3) is 5.88. The highest BCUT2D eigenvalue weighted by Gasteiger charge is 2.24. The summed E-state index contributed by atoms with van der Waals surface area (Å²) in [5.74, 6) is 0. The topological polar surface area (TPSA) is 35.9 Å². The normalized spacial score (nSPS) is 20.4. The number of amides is 1. The largest absolute Gasteiger partial charge is 0.369 e. The molecule has 0 radical (unpaired) electrons. The second-order valence-corrected chi connectivity index (χ2v) is 7.73. The van der Waals surface area contributed by atoms with Crippen LogP contribution in [0, 0.1) is 0 Å². The Labute approximate surface area is 173 Å². The first-order valence-electron chi connectivity index (χ1n) is 8.98. The van der Waals surface area contributed by atoms with Crippen LogP contribution in [0.25, 0.3) is 0 Å². The van der Waals surface area contributed by atoms with Crippen molar-refractivity contribution in [2.45, 2.75) is 38.4 Å². The van der Waals surface area contributed by atoms with E-state index in [4.69, 9.17) is 0 Å². The van der Waals surface area contributed by atoms with Gasteiger partial charge in [-0.15, -0.1) is 24.8 Å². The standard InChI is InChI=1S/C19H27N3OS.2ClH/c1-3-16-7-4-5-8-17(16)22-13-11-21(12-14-22)10-6-9-18-15(2)20-19(23)24-18;;/h4-5,7-8,18H,3,6,9-14H2,1-2H3;2*1H. The van der Waals surface area contributed by atoms with E-state index < -0.39 is 0 Å². The molecule has 0 aromatic heterocycles. The van der Waals surface area contributed by atoms with Crippen LogP contribution in [0.2, 0.25) is 0 Å². The number of hydrogen-bond donors (Lipinski definition) is 0. The monoisotopic (exact) mass is 417 g/mol. The maximum atomic E-state index is 11.3. The van der Waals surface area contributed by atoms with E-state index in [9.17, 15) is 4.79 Å². The number of para-hydroxylation sites is 1. The molecular weight excluding hydrogens is 389 g/mol. The van der Waals surface area contributed by atoms with Crippen molar-refractivity contribution in [2.24, 2.45) is 4.99 Å². The summed E-state index contributed by atoms with van der Waals surface area (Å²) in [6.45, 7) is 9.80. The molecule has 3 rings (SSSR count). The molecule has 1 amide bonds. The Morgan fingerprint density at radius 3 is 2.46 bits per heavy atom. The predicted molar refractivity (Wildman–Crippen MR) is 118 cm³/mol. The Balaban J connectivity index is 0.00000169. The molecule has 2 aliphatic rings. The zero-order chi connectivity index (χ0) is 16.9. The number of carbonyl (C=O) groups is 1. The molecule has 1 unspecified atom stereocenters. The number of aliphatic imine (C=N–C) groups is 1. The van der Waals surface area contributed by atoms with Crippen molar-refractivity contribution in [3.63, 3.8) is 0 Å². The fourth-order valence-corrected chi connectivity index (χ4v) is 4.50. The van der Waals surface area contributed by atoms with Gasteiger partial charge in [-0.3, -0.25) is 9.69 Å². The van der Waals surface area contributed by atoms with Crippen molar-refractivity contribution in [3.8, 4) is 0 Å². The van der Waals surface area contributed by atoms with Gasteiger partial charge in [0.2, 0.25) is 0 Å². The number of nitrogens with zero attached hydrogens (tertiary/aromatic N) is 3. The molecule has 0 N–H and O–H groups in total. The number of benzene rings is 1. The summed E-state index contributed by atoms with van der Waals surface area (Å²) in [6.07, 6.45) is 3.29. The summed E-state index contributed by atoms with van der Waals surface area (Å²) in [4.78, 5) is 20.4. The van der Waals surface area contributed by atoms with E-state index in [1.807, 2.05) is 6.92 Å². The average Bonchev–Trinajstić information content (AvgIpc) is 2.93. The van der Waals surface area contributed by atoms with E-state index >= 15 is 0 Å². The zero-order valence-electron chi connectivity index (χ0n) is 15.5. The van der Waals surface area contributed by atoms with Gasteiger partial charge in [-0.1, -0.05) is 36.9 Å². The average molecular weight is 418 g/mol. The van der Waals surface area contributed by atoms with Crippen LogP contribution in [0.15, 0.2) is 29.3 Å². The van der Waals surface area contributed by atoms with Crippen LogP contribution in [-0.2, 0) is 6.42 Å². The molecule has 1 atom stereocenters. The smallest absolute Gasteiger partial charge is 0.305 e. The molecule has 2 aliphatic heterocycles. The highest BCUT2D eigenvalue weighted by molar-refractivity contribution is 8.15. The van der Waals surface area contributed by atoms with E-state index in [1.54, 1.807) is 0 Å². The van der Waals surface area contributed by atoms with E-state index in [0.29, 0.717) is 5.25 Å². The first kappa shape index (κ1) is 23.3. The van der Waals surface area contributed by atoms with Gasteiger partial charge in [-0.25, -0.2) is 4.99 Å². The summed E-state index contributed by atoms with van der Waals surface area (Å²) in [7, 11) is 0. The van der Waals surface area contributed by atoms with Crippen molar-refractivity contribution in [1.82, 2.24) is 4.90 Å². The van der Waals surface area contributed by atoms with Crippen LogP contribution < -0.4 is 4.90 Å². The molecule has 0 bridgehead atoms. The quantitative estimate of drug-likeness (QED) is 0.672. The summed E-state index contributed by atoms with van der Waals surface area (Å²) >= 11 is 1.39. The number of rotatable bonds is 6. The van der Waals surface area contributed by atoms with E-state index in [1.165, 1.54) is 23.0 Å². The van der Waals surface area contributed by atoms with Crippen LogP contribution >= 0.6 is 36.6 Å². The summed E-state index contributed by atoms with van der Waals surface area (Å²) in [5.41, 5.74) is 3.86. The van der Waals surface area contributed by atoms with Gasteiger partial charge in [-0.05, 0) is 44.4 Å². The summed E-state index contributed by atoms with van der Waals surface area (Å²) < 4.78 is 0. The van der Waals surface area contributed by atoms with E-state index in [-0.39, 0.29) is 30.1 Å². The second-order valence-electron chi connectivity index (χ2n) is 6.58. The highest BCUT2D eigenvalue weighted by Crippen LogP contribution is 2.27. The molecule has 7 heteroatoms. The number of piperazine rings is 1. The molecule has 0 saturated carbocycles. The lowest BCUT2D eigenvalue weighted by Gasteiger charge is -2.37. The third-order valence-electron chi connectivity index (χ3n) is 5.00. The van der Waals surface area contributed by atoms with E-state index in [2.05, 4.69) is 46.0 Å².